The van der Waals surface area contributed by atoms with E-state index in [1.807, 2.05) is 39.0 Å². The van der Waals surface area contributed by atoms with E-state index in [2.05, 4.69) is 10.1 Å². The fourth-order valence-electron chi connectivity index (χ4n) is 3.77. The Morgan fingerprint density at radius 2 is 2.04 bits per heavy atom. The number of ether oxygens (including phenoxy) is 1. The van der Waals surface area contributed by atoms with Crippen LogP contribution in [0.3, 0.4) is 0 Å². The van der Waals surface area contributed by atoms with Gasteiger partial charge in [0.2, 0.25) is 0 Å². The zero-order valence-corrected chi connectivity index (χ0v) is 14.5. The number of hydrogen-bond acceptors (Lipinski definition) is 5. The monoisotopic (exact) mass is 334 g/mol. The summed E-state index contributed by atoms with van der Waals surface area (Å²) in [6.45, 7) is 5.96. The van der Waals surface area contributed by atoms with Crippen LogP contribution < -0.4 is 10.3 Å². The summed E-state index contributed by atoms with van der Waals surface area (Å²) in [6.07, 6.45) is 2.57. The number of fused-ring (bicyclic) bond motifs is 5. The third-order valence-electron chi connectivity index (χ3n) is 5.03. The molecule has 25 heavy (non-hydrogen) atoms. The minimum Gasteiger partial charge on any atom is -0.481 e. The second-order valence-electron chi connectivity index (χ2n) is 7.33. The van der Waals surface area contributed by atoms with E-state index in [0.29, 0.717) is 17.2 Å². The molecule has 1 aliphatic heterocycles. The van der Waals surface area contributed by atoms with Crippen LogP contribution in [0, 0.1) is 6.92 Å². The molecule has 126 valence electrons. The topological polar surface area (TPSA) is 69.4 Å². The van der Waals surface area contributed by atoms with Gasteiger partial charge in [-0.3, -0.25) is 4.79 Å². The summed E-state index contributed by atoms with van der Waals surface area (Å²) in [7, 11) is 0. The first-order valence-electron chi connectivity index (χ1n) is 8.57. The first-order valence-corrected chi connectivity index (χ1v) is 8.57. The molecule has 6 nitrogen and oxygen atoms in total. The van der Waals surface area contributed by atoms with Crippen LogP contribution in [0.4, 0.5) is 0 Å². The maximum Gasteiger partial charge on any atom is 0.279 e. The highest BCUT2D eigenvalue weighted by Crippen LogP contribution is 2.43. The smallest absolute Gasteiger partial charge is 0.279 e. The van der Waals surface area contributed by atoms with Gasteiger partial charge in [0.1, 0.15) is 22.7 Å². The van der Waals surface area contributed by atoms with Crippen LogP contribution in [0.5, 0.6) is 5.75 Å². The van der Waals surface area contributed by atoms with Crippen molar-refractivity contribution in [2.75, 3.05) is 0 Å². The summed E-state index contributed by atoms with van der Waals surface area (Å²) < 4.78 is 7.54. The van der Waals surface area contributed by atoms with Crippen molar-refractivity contribution in [3.05, 3.63) is 51.1 Å². The third kappa shape index (κ3) is 1.97. The molecule has 2 aliphatic rings. The summed E-state index contributed by atoms with van der Waals surface area (Å²) in [6, 6.07) is 5.99. The van der Waals surface area contributed by atoms with E-state index in [1.54, 1.807) is 0 Å². The van der Waals surface area contributed by atoms with E-state index in [1.165, 1.54) is 4.52 Å². The minimum atomic E-state index is -0.637. The Balaban J connectivity index is 1.88. The zero-order chi connectivity index (χ0) is 17.3. The summed E-state index contributed by atoms with van der Waals surface area (Å²) in [4.78, 5) is 22.1. The molecule has 2 aromatic heterocycles. The van der Waals surface area contributed by atoms with Gasteiger partial charge < -0.3 is 4.74 Å². The highest BCUT2D eigenvalue weighted by molar-refractivity contribution is 5.72. The molecule has 3 heterocycles. The molecule has 0 unspecified atom stereocenters. The average molecular weight is 334 g/mol. The second kappa shape index (κ2) is 4.65. The summed E-state index contributed by atoms with van der Waals surface area (Å²) in [5.41, 5.74) is 4.30. The van der Waals surface area contributed by atoms with Crippen LogP contribution in [-0.4, -0.2) is 19.6 Å². The number of hydrogen-bond donors (Lipinski definition) is 0. The van der Waals surface area contributed by atoms with Gasteiger partial charge in [-0.1, -0.05) is 6.07 Å². The van der Waals surface area contributed by atoms with Crippen molar-refractivity contribution in [2.45, 2.75) is 45.6 Å². The molecule has 0 bridgehead atoms. The van der Waals surface area contributed by atoms with Crippen LogP contribution >= 0.6 is 0 Å². The van der Waals surface area contributed by atoms with E-state index in [-0.39, 0.29) is 5.56 Å². The first-order chi connectivity index (χ1) is 11.9. The van der Waals surface area contributed by atoms with Crippen LogP contribution in [-0.2, 0) is 18.4 Å². The standard InChI is InChI=1S/C19H18N4O2/c1-10-7-8-12-14(9-10)25-19(2,3)16-15(12)22-23-17(24)11-5-4-6-13(11)20-18(23)21-16/h7-9H,4-6H2,1-3H3. The number of benzene rings is 1. The number of aryl methyl sites for hydroxylation is 2. The lowest BCUT2D eigenvalue weighted by molar-refractivity contribution is 0.0996. The molecule has 0 atom stereocenters. The summed E-state index contributed by atoms with van der Waals surface area (Å²) >= 11 is 0. The Kier molecular flexibility index (Phi) is 2.71. The van der Waals surface area contributed by atoms with Crippen molar-refractivity contribution in [2.24, 2.45) is 0 Å². The lowest BCUT2D eigenvalue weighted by Gasteiger charge is -2.33. The molecule has 0 saturated heterocycles. The zero-order valence-electron chi connectivity index (χ0n) is 14.5. The highest BCUT2D eigenvalue weighted by Gasteiger charge is 2.36. The first kappa shape index (κ1) is 14.6. The Hall–Kier alpha value is -2.76. The quantitative estimate of drug-likeness (QED) is 0.632. The van der Waals surface area contributed by atoms with E-state index in [4.69, 9.17) is 9.72 Å². The normalized spacial score (nSPS) is 16.9. The lowest BCUT2D eigenvalue weighted by Crippen LogP contribution is -2.34. The molecule has 0 N–H and O–H groups in total. The lowest BCUT2D eigenvalue weighted by atomic mass is 9.94. The molecular formula is C19H18N4O2. The molecule has 5 rings (SSSR count). The fourth-order valence-corrected chi connectivity index (χ4v) is 3.77. The Morgan fingerprint density at radius 3 is 2.88 bits per heavy atom. The van der Waals surface area contributed by atoms with Crippen LogP contribution in [0.25, 0.3) is 17.0 Å². The van der Waals surface area contributed by atoms with Crippen molar-refractivity contribution < 1.29 is 4.74 Å². The Bertz CT molecular complexity index is 1110. The van der Waals surface area contributed by atoms with Crippen molar-refractivity contribution in [3.8, 4) is 17.0 Å². The summed E-state index contributed by atoms with van der Waals surface area (Å²) in [5, 5.41) is 4.66. The fraction of sp³-hybridized carbons (Fsp3) is 0.368. The van der Waals surface area contributed by atoms with Crippen LogP contribution in [0.1, 0.15) is 42.8 Å². The van der Waals surface area contributed by atoms with Crippen molar-refractivity contribution in [3.63, 3.8) is 0 Å². The molecule has 0 amide bonds. The van der Waals surface area contributed by atoms with Gasteiger partial charge in [0, 0.05) is 11.1 Å². The van der Waals surface area contributed by atoms with Crippen molar-refractivity contribution >= 4 is 5.78 Å². The van der Waals surface area contributed by atoms with E-state index < -0.39 is 5.60 Å². The molecule has 6 heteroatoms. The van der Waals surface area contributed by atoms with Gasteiger partial charge in [0.25, 0.3) is 11.3 Å². The third-order valence-corrected chi connectivity index (χ3v) is 5.03. The van der Waals surface area contributed by atoms with Gasteiger partial charge >= 0.3 is 0 Å². The minimum absolute atomic E-state index is 0.0919. The molecule has 1 aromatic carbocycles. The maximum atomic E-state index is 12.8. The van der Waals surface area contributed by atoms with Crippen molar-refractivity contribution in [1.29, 1.82) is 0 Å². The van der Waals surface area contributed by atoms with Crippen LogP contribution in [0.2, 0.25) is 0 Å². The van der Waals surface area contributed by atoms with E-state index >= 15 is 0 Å². The van der Waals surface area contributed by atoms with Gasteiger partial charge in [-0.05, 0) is 57.7 Å². The Morgan fingerprint density at radius 1 is 1.20 bits per heavy atom. The van der Waals surface area contributed by atoms with Crippen LogP contribution in [0.15, 0.2) is 23.0 Å². The molecular weight excluding hydrogens is 316 g/mol. The second-order valence-corrected chi connectivity index (χ2v) is 7.33. The van der Waals surface area contributed by atoms with Crippen molar-refractivity contribution in [1.82, 2.24) is 19.6 Å². The SMILES string of the molecule is Cc1ccc2c(c1)OC(C)(C)c1nc3nc4c(c(=O)n3nc1-2)CCC4. The molecule has 0 radical (unpaired) electrons. The predicted octanol–water partition coefficient (Wildman–Crippen LogP) is 2.58. The Labute approximate surface area is 144 Å². The molecule has 0 fully saturated rings. The van der Waals surface area contributed by atoms with Gasteiger partial charge in [-0.15, -0.1) is 0 Å². The number of aromatic nitrogens is 4. The van der Waals surface area contributed by atoms with Gasteiger partial charge in [-0.2, -0.15) is 9.61 Å². The number of nitrogens with zero attached hydrogens (tertiary/aromatic N) is 4. The maximum absolute atomic E-state index is 12.8. The summed E-state index contributed by atoms with van der Waals surface area (Å²) in [5.74, 6) is 1.13. The molecule has 3 aromatic rings. The van der Waals surface area contributed by atoms with Gasteiger partial charge in [-0.25, -0.2) is 9.97 Å². The van der Waals surface area contributed by atoms with Gasteiger partial charge in [0.05, 0.1) is 5.69 Å². The highest BCUT2D eigenvalue weighted by atomic mass is 16.5. The van der Waals surface area contributed by atoms with E-state index in [0.717, 1.165) is 47.4 Å². The van der Waals surface area contributed by atoms with E-state index in [9.17, 15) is 4.79 Å². The molecule has 0 spiro atoms. The molecule has 1 aliphatic carbocycles. The van der Waals surface area contributed by atoms with Gasteiger partial charge in [0.15, 0.2) is 0 Å². The predicted molar refractivity (Wildman–Crippen MR) is 92.9 cm³/mol. The largest absolute Gasteiger partial charge is 0.481 e. The average Bonchev–Trinajstić information content (AvgIpc) is 3.02. The molecule has 0 saturated carbocycles. The number of rotatable bonds is 0.